The summed E-state index contributed by atoms with van der Waals surface area (Å²) in [5.74, 6) is -0.295. The Morgan fingerprint density at radius 3 is 2.68 bits per heavy atom. The average Bonchev–Trinajstić information content (AvgIpc) is 3.28. The standard InChI is InChI=1S/C23H29FN4O2S/c1-15-12-27(13-16(2)30-15)10-4-9-25-22(29)21-11-20-17(3)26-28(23(20)31-21)14-18-5-7-19(24)8-6-18/h5-8,11,15-16H,4,9-10,12-14H2,1-3H3,(H,25,29)/t15-,16+. The lowest BCUT2D eigenvalue weighted by Crippen LogP contribution is -2.46. The molecule has 8 heteroatoms. The second-order valence-corrected chi connectivity index (χ2v) is 9.36. The number of morpholine rings is 1. The van der Waals surface area contributed by atoms with E-state index in [9.17, 15) is 9.18 Å². The van der Waals surface area contributed by atoms with E-state index >= 15 is 0 Å². The predicted octanol–water partition coefficient (Wildman–Crippen LogP) is 3.82. The van der Waals surface area contributed by atoms with E-state index in [1.54, 1.807) is 12.1 Å². The molecule has 1 aliphatic rings. The van der Waals surface area contributed by atoms with Gasteiger partial charge in [0, 0.05) is 31.6 Å². The molecule has 2 aromatic heterocycles. The maximum absolute atomic E-state index is 13.2. The summed E-state index contributed by atoms with van der Waals surface area (Å²) < 4.78 is 20.8. The number of benzene rings is 1. The van der Waals surface area contributed by atoms with Crippen LogP contribution in [-0.4, -0.2) is 59.0 Å². The van der Waals surface area contributed by atoms with Gasteiger partial charge < -0.3 is 10.1 Å². The normalized spacial score (nSPS) is 19.7. The molecule has 0 saturated carbocycles. The van der Waals surface area contributed by atoms with Crippen LogP contribution in [-0.2, 0) is 11.3 Å². The number of ether oxygens (including phenoxy) is 1. The molecule has 2 atom stereocenters. The largest absolute Gasteiger partial charge is 0.373 e. The first-order chi connectivity index (χ1) is 14.9. The van der Waals surface area contributed by atoms with Crippen molar-refractivity contribution in [1.29, 1.82) is 0 Å². The molecule has 3 aromatic rings. The van der Waals surface area contributed by atoms with Crippen LogP contribution in [0.2, 0.25) is 0 Å². The van der Waals surface area contributed by atoms with Crippen LogP contribution in [0.3, 0.4) is 0 Å². The first-order valence-electron chi connectivity index (χ1n) is 10.8. The van der Waals surface area contributed by atoms with Crippen molar-refractivity contribution in [3.8, 4) is 0 Å². The highest BCUT2D eigenvalue weighted by Crippen LogP contribution is 2.29. The van der Waals surface area contributed by atoms with Crippen molar-refractivity contribution in [2.45, 2.75) is 45.9 Å². The molecule has 6 nitrogen and oxygen atoms in total. The van der Waals surface area contributed by atoms with Gasteiger partial charge in [0.05, 0.1) is 29.3 Å². The molecule has 3 heterocycles. The number of aryl methyl sites for hydroxylation is 1. The number of carbonyl (C=O) groups excluding carboxylic acids is 1. The second kappa shape index (κ2) is 9.46. The zero-order valence-corrected chi connectivity index (χ0v) is 19.0. The van der Waals surface area contributed by atoms with Gasteiger partial charge in [0.2, 0.25) is 0 Å². The third-order valence-electron chi connectivity index (χ3n) is 5.51. The third-order valence-corrected chi connectivity index (χ3v) is 6.66. The van der Waals surface area contributed by atoms with Crippen molar-refractivity contribution >= 4 is 27.5 Å². The molecular weight excluding hydrogens is 415 g/mol. The maximum atomic E-state index is 13.2. The summed E-state index contributed by atoms with van der Waals surface area (Å²) in [6.07, 6.45) is 1.43. The molecule has 1 saturated heterocycles. The highest BCUT2D eigenvalue weighted by molar-refractivity contribution is 7.20. The fraction of sp³-hybridized carbons (Fsp3) is 0.478. The van der Waals surface area contributed by atoms with Crippen LogP contribution >= 0.6 is 11.3 Å². The van der Waals surface area contributed by atoms with Crippen LogP contribution in [0.4, 0.5) is 4.39 Å². The highest BCUT2D eigenvalue weighted by atomic mass is 32.1. The number of nitrogens with one attached hydrogen (secondary N) is 1. The lowest BCUT2D eigenvalue weighted by molar-refractivity contribution is -0.0679. The second-order valence-electron chi connectivity index (χ2n) is 8.33. The van der Waals surface area contributed by atoms with Gasteiger partial charge >= 0.3 is 0 Å². The highest BCUT2D eigenvalue weighted by Gasteiger charge is 2.21. The van der Waals surface area contributed by atoms with Crippen molar-refractivity contribution < 1.29 is 13.9 Å². The molecule has 31 heavy (non-hydrogen) atoms. The number of amides is 1. The maximum Gasteiger partial charge on any atom is 0.261 e. The molecule has 1 N–H and O–H groups in total. The summed E-state index contributed by atoms with van der Waals surface area (Å²) in [7, 11) is 0. The summed E-state index contributed by atoms with van der Waals surface area (Å²) in [5, 5.41) is 8.64. The predicted molar refractivity (Wildman–Crippen MR) is 121 cm³/mol. The van der Waals surface area contributed by atoms with E-state index in [2.05, 4.69) is 29.2 Å². The van der Waals surface area contributed by atoms with E-state index < -0.39 is 0 Å². The third kappa shape index (κ3) is 5.31. The summed E-state index contributed by atoms with van der Waals surface area (Å²) in [4.78, 5) is 16.7. The van der Waals surface area contributed by atoms with E-state index in [1.165, 1.54) is 23.5 Å². The van der Waals surface area contributed by atoms with Crippen LogP contribution in [0.15, 0.2) is 30.3 Å². The van der Waals surface area contributed by atoms with Gasteiger partial charge in [-0.25, -0.2) is 4.39 Å². The molecule has 1 aliphatic heterocycles. The van der Waals surface area contributed by atoms with Crippen LogP contribution in [0.25, 0.3) is 10.2 Å². The molecule has 1 fully saturated rings. The van der Waals surface area contributed by atoms with E-state index in [1.807, 2.05) is 17.7 Å². The summed E-state index contributed by atoms with van der Waals surface area (Å²) in [6.45, 7) is 10.2. The molecule has 0 spiro atoms. The first kappa shape index (κ1) is 21.9. The van der Waals surface area contributed by atoms with Crippen molar-refractivity contribution in [3.63, 3.8) is 0 Å². The van der Waals surface area contributed by atoms with Crippen LogP contribution < -0.4 is 5.32 Å². The Kier molecular flexibility index (Phi) is 6.69. The van der Waals surface area contributed by atoms with Gasteiger partial charge in [0.1, 0.15) is 10.6 Å². The molecule has 4 rings (SSSR count). The van der Waals surface area contributed by atoms with Crippen molar-refractivity contribution in [1.82, 2.24) is 20.0 Å². The zero-order valence-electron chi connectivity index (χ0n) is 18.2. The fourth-order valence-electron chi connectivity index (χ4n) is 4.15. The monoisotopic (exact) mass is 444 g/mol. The summed E-state index contributed by atoms with van der Waals surface area (Å²) in [5.41, 5.74) is 1.86. The van der Waals surface area contributed by atoms with E-state index in [0.29, 0.717) is 18.0 Å². The van der Waals surface area contributed by atoms with Crippen LogP contribution in [0, 0.1) is 12.7 Å². The number of hydrogen-bond acceptors (Lipinski definition) is 5. The topological polar surface area (TPSA) is 59.4 Å². The fourth-order valence-corrected chi connectivity index (χ4v) is 5.23. The van der Waals surface area contributed by atoms with E-state index in [-0.39, 0.29) is 23.9 Å². The minimum absolute atomic E-state index is 0.0438. The van der Waals surface area contributed by atoms with Gasteiger partial charge in [-0.3, -0.25) is 14.4 Å². The van der Waals surface area contributed by atoms with E-state index in [4.69, 9.17) is 4.74 Å². The number of carbonyl (C=O) groups is 1. The molecule has 1 aromatic carbocycles. The Hall–Kier alpha value is -2.29. The molecule has 0 aliphatic carbocycles. The minimum atomic E-state index is -0.252. The lowest BCUT2D eigenvalue weighted by Gasteiger charge is -2.35. The van der Waals surface area contributed by atoms with Crippen molar-refractivity contribution in [2.24, 2.45) is 0 Å². The van der Waals surface area contributed by atoms with Gasteiger partial charge in [-0.05, 0) is 51.0 Å². The Balaban J connectivity index is 1.34. The summed E-state index contributed by atoms with van der Waals surface area (Å²) in [6, 6.07) is 8.34. The molecular formula is C23H29FN4O2S. The smallest absolute Gasteiger partial charge is 0.261 e. The molecule has 1 amide bonds. The SMILES string of the molecule is Cc1nn(Cc2ccc(F)cc2)c2sc(C(=O)NCCCN3C[C@@H](C)O[C@@H](C)C3)cc12. The molecule has 166 valence electrons. The molecule has 0 unspecified atom stereocenters. The van der Waals surface area contributed by atoms with Gasteiger partial charge in [-0.15, -0.1) is 11.3 Å². The van der Waals surface area contributed by atoms with Gasteiger partial charge in [0.25, 0.3) is 5.91 Å². The van der Waals surface area contributed by atoms with Crippen LogP contribution in [0.1, 0.15) is 41.2 Å². The number of nitrogens with zero attached hydrogens (tertiary/aromatic N) is 3. The Morgan fingerprint density at radius 1 is 1.26 bits per heavy atom. The number of aromatic nitrogens is 2. The van der Waals surface area contributed by atoms with E-state index in [0.717, 1.165) is 47.5 Å². The number of fused-ring (bicyclic) bond motifs is 1. The lowest BCUT2D eigenvalue weighted by atomic mass is 10.2. The minimum Gasteiger partial charge on any atom is -0.373 e. The Morgan fingerprint density at radius 2 is 1.97 bits per heavy atom. The van der Waals surface area contributed by atoms with Gasteiger partial charge in [0.15, 0.2) is 0 Å². The number of rotatable bonds is 7. The number of hydrogen-bond donors (Lipinski definition) is 1. The van der Waals surface area contributed by atoms with Crippen LogP contribution in [0.5, 0.6) is 0 Å². The Bertz CT molecular complexity index is 1040. The average molecular weight is 445 g/mol. The quantitative estimate of drug-likeness (QED) is 0.563. The van der Waals surface area contributed by atoms with Crippen molar-refractivity contribution in [2.75, 3.05) is 26.2 Å². The van der Waals surface area contributed by atoms with Crippen molar-refractivity contribution in [3.05, 3.63) is 52.3 Å². The molecule has 0 bridgehead atoms. The summed E-state index contributed by atoms with van der Waals surface area (Å²) >= 11 is 1.45. The van der Waals surface area contributed by atoms with Gasteiger partial charge in [-0.2, -0.15) is 5.10 Å². The molecule has 0 radical (unpaired) electrons. The first-order valence-corrected chi connectivity index (χ1v) is 11.6. The van der Waals surface area contributed by atoms with Gasteiger partial charge in [-0.1, -0.05) is 12.1 Å². The Labute approximate surface area is 186 Å². The zero-order chi connectivity index (χ0) is 22.0. The number of halogens is 1. The number of thiophene rings is 1.